The highest BCUT2D eigenvalue weighted by Crippen LogP contribution is 2.43. The molecule has 0 aliphatic carbocycles. The Bertz CT molecular complexity index is 1380. The van der Waals surface area contributed by atoms with Crippen LogP contribution in [0.15, 0.2) is 97.2 Å². The van der Waals surface area contributed by atoms with Gasteiger partial charge in [0.2, 0.25) is 0 Å². The van der Waals surface area contributed by atoms with Crippen LogP contribution < -0.4 is 5.73 Å². The third-order valence-corrected chi connectivity index (χ3v) is 9.37. The summed E-state index contributed by atoms with van der Waals surface area (Å²) in [5.41, 5.74) is 5.32. The fourth-order valence-electron chi connectivity index (χ4n) is 5.04. The SMILES string of the molecule is CC/C=C\C/C=C\C/C=C\C/C=C\CCCCCCC(=O)O[C@H](COC(=O)CCC/C=C\C/C=C\C/C=C\C=C\[C@H](O)CCCCC)COP(=O)(O)OC[C@H](N)C(=O)O. The number of esters is 2. The Morgan fingerprint density at radius 3 is 1.78 bits per heavy atom. The molecule has 0 saturated heterocycles. The smallest absolute Gasteiger partial charge is 0.472 e. The quantitative estimate of drug-likeness (QED) is 0.0151. The van der Waals surface area contributed by atoms with Gasteiger partial charge in [-0.25, -0.2) is 4.57 Å². The van der Waals surface area contributed by atoms with Crippen molar-refractivity contribution < 1.29 is 52.6 Å². The van der Waals surface area contributed by atoms with Gasteiger partial charge in [0.25, 0.3) is 0 Å². The van der Waals surface area contributed by atoms with Crippen LogP contribution >= 0.6 is 7.82 Å². The monoisotopic (exact) mass is 847 g/mol. The maximum atomic E-state index is 12.6. The first-order valence-electron chi connectivity index (χ1n) is 21.4. The molecule has 12 nitrogen and oxygen atoms in total. The van der Waals surface area contributed by atoms with Crippen LogP contribution in [0.5, 0.6) is 0 Å². The summed E-state index contributed by atoms with van der Waals surface area (Å²) in [5, 5.41) is 18.8. The summed E-state index contributed by atoms with van der Waals surface area (Å²) < 4.78 is 32.6. The van der Waals surface area contributed by atoms with Gasteiger partial charge in [-0.15, -0.1) is 0 Å². The molecule has 0 aromatic heterocycles. The van der Waals surface area contributed by atoms with Crippen LogP contribution in [0.3, 0.4) is 0 Å². The number of hydrogen-bond acceptors (Lipinski definition) is 10. The summed E-state index contributed by atoms with van der Waals surface area (Å²) in [7, 11) is -4.75. The average Bonchev–Trinajstić information content (AvgIpc) is 3.20. The maximum Gasteiger partial charge on any atom is 0.472 e. The van der Waals surface area contributed by atoms with Crippen molar-refractivity contribution in [3.63, 3.8) is 0 Å². The molecule has 5 N–H and O–H groups in total. The number of nitrogens with two attached hydrogens (primary N) is 1. The Morgan fingerprint density at radius 2 is 1.17 bits per heavy atom. The number of carbonyl (C=O) groups excluding carboxylic acids is 2. The van der Waals surface area contributed by atoms with E-state index in [2.05, 4.69) is 73.1 Å². The van der Waals surface area contributed by atoms with Crippen molar-refractivity contribution in [2.24, 2.45) is 5.73 Å². The topological polar surface area (TPSA) is 192 Å². The van der Waals surface area contributed by atoms with Crippen molar-refractivity contribution in [1.82, 2.24) is 0 Å². The van der Waals surface area contributed by atoms with E-state index in [0.29, 0.717) is 19.3 Å². The van der Waals surface area contributed by atoms with Gasteiger partial charge >= 0.3 is 25.7 Å². The number of rotatable bonds is 38. The largest absolute Gasteiger partial charge is 0.480 e. The maximum absolute atomic E-state index is 12.6. The lowest BCUT2D eigenvalue weighted by Crippen LogP contribution is -2.34. The van der Waals surface area contributed by atoms with Crippen LogP contribution in [0, 0.1) is 0 Å². The first-order chi connectivity index (χ1) is 28.5. The molecule has 0 bridgehead atoms. The van der Waals surface area contributed by atoms with Gasteiger partial charge in [0.15, 0.2) is 6.10 Å². The lowest BCUT2D eigenvalue weighted by atomic mass is 10.1. The van der Waals surface area contributed by atoms with Crippen LogP contribution in [-0.4, -0.2) is 71.1 Å². The standard InChI is InChI=1S/C46H74NO11P/c1-3-5-7-8-9-10-11-12-13-14-15-16-19-23-26-29-33-37-45(50)58-42(39-56-59(53,54)57-40-43(47)46(51)52)38-55-44(49)36-32-28-25-22-20-17-18-21-24-27-31-35-41(48)34-30-6-4-2/h5,7,9-10,12-13,15-18,22,24-25,27,31,35,41-43,48H,3-4,6,8,11,14,19-21,23,26,28-30,32-34,36-40,47H2,1-2H3,(H,51,52)(H,53,54)/b7-5-,10-9-,13-12-,16-15-,18-17-,25-22-,27-24-,35-31+/t41-,42-,43+/m1/s1. The Morgan fingerprint density at radius 1 is 0.627 bits per heavy atom. The van der Waals surface area contributed by atoms with Crippen LogP contribution in [0.4, 0.5) is 0 Å². The van der Waals surface area contributed by atoms with Gasteiger partial charge in [0.05, 0.1) is 19.3 Å². The summed E-state index contributed by atoms with van der Waals surface area (Å²) in [6.07, 6.45) is 46.6. The minimum absolute atomic E-state index is 0.106. The second-order valence-corrected chi connectivity index (χ2v) is 15.4. The van der Waals surface area contributed by atoms with E-state index in [0.717, 1.165) is 89.9 Å². The number of phosphoric acid groups is 1. The average molecular weight is 848 g/mol. The van der Waals surface area contributed by atoms with Crippen LogP contribution in [-0.2, 0) is 37.5 Å². The van der Waals surface area contributed by atoms with E-state index in [1.54, 1.807) is 0 Å². The molecule has 13 heteroatoms. The number of hydrogen-bond donors (Lipinski definition) is 4. The summed E-state index contributed by atoms with van der Waals surface area (Å²) in [6, 6.07) is -1.55. The number of carboxylic acid groups (broad SMARTS) is 1. The fraction of sp³-hybridized carbons (Fsp3) is 0.587. The zero-order chi connectivity index (χ0) is 43.7. The number of carbonyl (C=O) groups is 3. The Hall–Kier alpha value is -3.64. The predicted molar refractivity (Wildman–Crippen MR) is 236 cm³/mol. The van der Waals surface area contributed by atoms with Gasteiger partial charge < -0.3 is 30.3 Å². The number of aliphatic hydroxyl groups is 1. The molecule has 0 spiro atoms. The number of aliphatic hydroxyl groups excluding tert-OH is 1. The van der Waals surface area contributed by atoms with Crippen molar-refractivity contribution in [2.45, 2.75) is 154 Å². The normalized spacial score (nSPS) is 15.2. The predicted octanol–water partition coefficient (Wildman–Crippen LogP) is 10.2. The molecule has 0 saturated carbocycles. The van der Waals surface area contributed by atoms with E-state index in [9.17, 15) is 28.9 Å². The van der Waals surface area contributed by atoms with E-state index in [1.807, 2.05) is 42.5 Å². The highest BCUT2D eigenvalue weighted by Gasteiger charge is 2.28. The van der Waals surface area contributed by atoms with Crippen molar-refractivity contribution >= 4 is 25.7 Å². The number of allylic oxidation sites excluding steroid dienone is 15. The first-order valence-corrected chi connectivity index (χ1v) is 22.9. The van der Waals surface area contributed by atoms with E-state index < -0.39 is 63.8 Å². The molecule has 0 aromatic rings. The van der Waals surface area contributed by atoms with Crippen molar-refractivity contribution in [2.75, 3.05) is 19.8 Å². The lowest BCUT2D eigenvalue weighted by molar-refractivity contribution is -0.161. The van der Waals surface area contributed by atoms with Gasteiger partial charge in [-0.2, -0.15) is 0 Å². The van der Waals surface area contributed by atoms with Crippen LogP contribution in [0.25, 0.3) is 0 Å². The van der Waals surface area contributed by atoms with E-state index in [4.69, 9.17) is 24.8 Å². The van der Waals surface area contributed by atoms with E-state index in [1.165, 1.54) is 0 Å². The molecular formula is C46H74NO11P. The molecule has 0 aromatic carbocycles. The van der Waals surface area contributed by atoms with Crippen LogP contribution in [0.1, 0.15) is 136 Å². The second kappa shape index (κ2) is 39.8. The number of aliphatic carboxylic acids is 1. The van der Waals surface area contributed by atoms with E-state index in [-0.39, 0.29) is 12.8 Å². The highest BCUT2D eigenvalue weighted by atomic mass is 31.2. The molecule has 0 heterocycles. The summed E-state index contributed by atoms with van der Waals surface area (Å²) in [5.74, 6) is -2.53. The molecule has 0 aliphatic heterocycles. The van der Waals surface area contributed by atoms with Gasteiger partial charge in [-0.05, 0) is 77.0 Å². The molecule has 1 unspecified atom stereocenters. The van der Waals surface area contributed by atoms with Gasteiger partial charge in [0, 0.05) is 12.8 Å². The van der Waals surface area contributed by atoms with Crippen molar-refractivity contribution in [3.8, 4) is 0 Å². The Labute approximate surface area is 354 Å². The number of ether oxygens (including phenoxy) is 2. The van der Waals surface area contributed by atoms with Gasteiger partial charge in [0.1, 0.15) is 12.6 Å². The molecule has 0 rings (SSSR count). The molecule has 4 atom stereocenters. The molecule has 0 aliphatic rings. The van der Waals surface area contributed by atoms with Gasteiger partial charge in [-0.3, -0.25) is 23.4 Å². The second-order valence-electron chi connectivity index (χ2n) is 13.9. The highest BCUT2D eigenvalue weighted by molar-refractivity contribution is 7.47. The third-order valence-electron chi connectivity index (χ3n) is 8.42. The summed E-state index contributed by atoms with van der Waals surface area (Å²) >= 11 is 0. The summed E-state index contributed by atoms with van der Waals surface area (Å²) in [4.78, 5) is 45.9. The van der Waals surface area contributed by atoms with Crippen molar-refractivity contribution in [3.05, 3.63) is 97.2 Å². The molecule has 0 radical (unpaired) electrons. The molecule has 334 valence electrons. The number of phosphoric ester groups is 1. The third kappa shape index (κ3) is 39.6. The Kier molecular flexibility index (Phi) is 37.3. The minimum atomic E-state index is -4.75. The minimum Gasteiger partial charge on any atom is -0.480 e. The number of carboxylic acids is 1. The first kappa shape index (κ1) is 55.4. The van der Waals surface area contributed by atoms with Crippen molar-refractivity contribution in [1.29, 1.82) is 0 Å². The zero-order valence-corrected chi connectivity index (χ0v) is 36.6. The van der Waals surface area contributed by atoms with Crippen LogP contribution in [0.2, 0.25) is 0 Å². The molecule has 0 fully saturated rings. The molecule has 59 heavy (non-hydrogen) atoms. The van der Waals surface area contributed by atoms with E-state index >= 15 is 0 Å². The molecule has 0 amide bonds. The summed E-state index contributed by atoms with van der Waals surface area (Å²) in [6.45, 7) is 2.45. The molecular weight excluding hydrogens is 773 g/mol. The Balaban J connectivity index is 4.58. The zero-order valence-electron chi connectivity index (χ0n) is 35.7. The van der Waals surface area contributed by atoms with Gasteiger partial charge in [-0.1, -0.05) is 143 Å². The fourth-order valence-corrected chi connectivity index (χ4v) is 5.82. The lowest BCUT2D eigenvalue weighted by Gasteiger charge is -2.20. The number of unbranched alkanes of at least 4 members (excludes halogenated alkanes) is 7.